The van der Waals surface area contributed by atoms with Crippen molar-refractivity contribution in [3.05, 3.63) is 72.0 Å². The topological polar surface area (TPSA) is 57.9 Å². The van der Waals surface area contributed by atoms with Crippen molar-refractivity contribution < 1.29 is 23.4 Å². The predicted molar refractivity (Wildman–Crippen MR) is 113 cm³/mol. The van der Waals surface area contributed by atoms with Crippen molar-refractivity contribution in [3.8, 4) is 5.75 Å². The van der Waals surface area contributed by atoms with E-state index in [2.05, 4.69) is 0 Å². The zero-order chi connectivity index (χ0) is 20.5. The van der Waals surface area contributed by atoms with Gasteiger partial charge in [0.1, 0.15) is 23.7 Å². The van der Waals surface area contributed by atoms with Gasteiger partial charge in [0, 0.05) is 18.4 Å². The second-order valence-electron chi connectivity index (χ2n) is 6.44. The van der Waals surface area contributed by atoms with Crippen molar-refractivity contribution in [3.63, 3.8) is 0 Å². The fourth-order valence-electron chi connectivity index (χ4n) is 2.98. The summed E-state index contributed by atoms with van der Waals surface area (Å²) in [5.41, 5.74) is 1.86. The lowest BCUT2D eigenvalue weighted by molar-refractivity contribution is -0.156. The average Bonchev–Trinajstić information content (AvgIpc) is 3.15. The van der Waals surface area contributed by atoms with E-state index in [4.69, 9.17) is 18.6 Å². The van der Waals surface area contributed by atoms with Crippen LogP contribution in [0.1, 0.15) is 25.2 Å². The van der Waals surface area contributed by atoms with Crippen LogP contribution in [0.4, 0.5) is 0 Å². The number of carbonyl (C=O) groups excluding carboxylic acids is 1. The third-order valence-electron chi connectivity index (χ3n) is 4.33. The Morgan fingerprint density at radius 3 is 2.59 bits per heavy atom. The quantitative estimate of drug-likeness (QED) is 0.451. The summed E-state index contributed by atoms with van der Waals surface area (Å²) in [6.45, 7) is 4.89. The van der Waals surface area contributed by atoms with E-state index in [-0.39, 0.29) is 5.97 Å². The molecule has 0 amide bonds. The van der Waals surface area contributed by atoms with E-state index in [0.717, 1.165) is 28.0 Å². The van der Waals surface area contributed by atoms with E-state index in [0.29, 0.717) is 26.2 Å². The predicted octanol–water partition coefficient (Wildman–Crippen LogP) is 5.04. The Labute approximate surface area is 170 Å². The fraction of sp³-hybridized carbons (Fsp3) is 0.292. The first-order valence-electron chi connectivity index (χ1n) is 9.84. The van der Waals surface area contributed by atoms with Gasteiger partial charge in [0.15, 0.2) is 6.10 Å². The maximum absolute atomic E-state index is 12.0. The van der Waals surface area contributed by atoms with Crippen LogP contribution in [0.2, 0.25) is 0 Å². The molecule has 0 aliphatic heterocycles. The molecule has 5 nitrogen and oxygen atoms in total. The highest BCUT2D eigenvalue weighted by molar-refractivity contribution is 5.79. The second-order valence-corrected chi connectivity index (χ2v) is 6.44. The number of hydrogen-bond donors (Lipinski definition) is 0. The van der Waals surface area contributed by atoms with Crippen LogP contribution in [0.3, 0.4) is 0 Å². The van der Waals surface area contributed by atoms with Gasteiger partial charge in [0.2, 0.25) is 0 Å². The van der Waals surface area contributed by atoms with Crippen LogP contribution in [0.25, 0.3) is 17.0 Å². The summed E-state index contributed by atoms with van der Waals surface area (Å²) in [6, 6.07) is 17.6. The monoisotopic (exact) mass is 394 g/mol. The third kappa shape index (κ3) is 5.96. The molecule has 0 spiro atoms. The molecule has 29 heavy (non-hydrogen) atoms. The molecule has 0 aliphatic carbocycles. The zero-order valence-electron chi connectivity index (χ0n) is 16.8. The first-order valence-corrected chi connectivity index (χ1v) is 9.84. The molecule has 1 unspecified atom stereocenters. The summed E-state index contributed by atoms with van der Waals surface area (Å²) < 4.78 is 22.1. The smallest absolute Gasteiger partial charge is 0.335 e. The third-order valence-corrected chi connectivity index (χ3v) is 4.33. The van der Waals surface area contributed by atoms with Gasteiger partial charge in [-0.15, -0.1) is 0 Å². The van der Waals surface area contributed by atoms with Crippen molar-refractivity contribution in [2.75, 3.05) is 19.8 Å². The Hall–Kier alpha value is -3.05. The molecule has 1 aromatic heterocycles. The summed E-state index contributed by atoms with van der Waals surface area (Å²) in [5.74, 6) is 1.23. The maximum Gasteiger partial charge on any atom is 0.335 e. The van der Waals surface area contributed by atoms with Crippen LogP contribution in [0, 0.1) is 0 Å². The number of fused-ring (bicyclic) bond motifs is 1. The summed E-state index contributed by atoms with van der Waals surface area (Å²) in [5, 5.41) is 1.08. The van der Waals surface area contributed by atoms with Gasteiger partial charge in [-0.05, 0) is 55.8 Å². The van der Waals surface area contributed by atoms with Crippen LogP contribution >= 0.6 is 0 Å². The molecule has 0 aliphatic rings. The fourth-order valence-corrected chi connectivity index (χ4v) is 2.98. The first kappa shape index (κ1) is 20.7. The number of hydrogen-bond acceptors (Lipinski definition) is 5. The summed E-state index contributed by atoms with van der Waals surface area (Å²) >= 11 is 0. The van der Waals surface area contributed by atoms with Gasteiger partial charge < -0.3 is 18.6 Å². The van der Waals surface area contributed by atoms with Gasteiger partial charge >= 0.3 is 5.97 Å². The highest BCUT2D eigenvalue weighted by atomic mass is 16.6. The Kier molecular flexibility index (Phi) is 7.47. The number of para-hydroxylation sites is 1. The SMILES string of the molecule is CCOC(=O)C(Cc1ccc(OC/C=C/c2cc3ccccc3o2)cc1)OCC. The molecule has 152 valence electrons. The molecule has 2 aromatic carbocycles. The highest BCUT2D eigenvalue weighted by Crippen LogP contribution is 2.20. The van der Waals surface area contributed by atoms with E-state index >= 15 is 0 Å². The van der Waals surface area contributed by atoms with Crippen molar-refractivity contribution in [2.24, 2.45) is 0 Å². The highest BCUT2D eigenvalue weighted by Gasteiger charge is 2.20. The molecule has 3 rings (SSSR count). The number of ether oxygens (including phenoxy) is 3. The molecule has 0 fully saturated rings. The van der Waals surface area contributed by atoms with Gasteiger partial charge in [-0.25, -0.2) is 4.79 Å². The zero-order valence-corrected chi connectivity index (χ0v) is 16.8. The van der Waals surface area contributed by atoms with Gasteiger partial charge in [-0.1, -0.05) is 30.3 Å². The summed E-state index contributed by atoms with van der Waals surface area (Å²) in [6.07, 6.45) is 3.70. The Morgan fingerprint density at radius 1 is 1.07 bits per heavy atom. The number of rotatable bonds is 10. The number of benzene rings is 2. The molecule has 0 bridgehead atoms. The minimum atomic E-state index is -0.585. The molecule has 1 heterocycles. The van der Waals surface area contributed by atoms with Crippen LogP contribution in [0.15, 0.2) is 65.1 Å². The second kappa shape index (κ2) is 10.5. The molecule has 0 N–H and O–H groups in total. The Balaban J connectivity index is 1.51. The van der Waals surface area contributed by atoms with Gasteiger partial charge in [0.25, 0.3) is 0 Å². The van der Waals surface area contributed by atoms with E-state index < -0.39 is 6.10 Å². The molecule has 1 atom stereocenters. The minimum Gasteiger partial charge on any atom is -0.490 e. The van der Waals surface area contributed by atoms with Gasteiger partial charge in [0.05, 0.1) is 6.61 Å². The molecule has 0 saturated carbocycles. The Morgan fingerprint density at radius 2 is 1.86 bits per heavy atom. The molecule has 0 radical (unpaired) electrons. The van der Waals surface area contributed by atoms with Crippen LogP contribution in [-0.2, 0) is 20.7 Å². The lowest BCUT2D eigenvalue weighted by Gasteiger charge is -2.15. The number of carbonyl (C=O) groups is 1. The molecule has 0 saturated heterocycles. The van der Waals surface area contributed by atoms with Crippen molar-refractivity contribution in [2.45, 2.75) is 26.4 Å². The van der Waals surface area contributed by atoms with E-state index in [9.17, 15) is 4.79 Å². The lowest BCUT2D eigenvalue weighted by Crippen LogP contribution is -2.28. The summed E-state index contributed by atoms with van der Waals surface area (Å²) in [7, 11) is 0. The molecular weight excluding hydrogens is 368 g/mol. The normalized spacial score (nSPS) is 12.3. The van der Waals surface area contributed by atoms with E-state index in [1.807, 2.05) is 73.7 Å². The number of furan rings is 1. The Bertz CT molecular complexity index is 906. The standard InChI is InChI=1S/C24H26O5/c1-3-26-23(24(25)27-4-2)16-18-11-13-20(14-12-18)28-15-7-9-21-17-19-8-5-6-10-22(19)29-21/h5-14,17,23H,3-4,15-16H2,1-2H3/b9-7+. The minimum absolute atomic E-state index is 0.328. The molecule has 3 aromatic rings. The van der Waals surface area contributed by atoms with Crippen LogP contribution in [-0.4, -0.2) is 31.9 Å². The first-order chi connectivity index (χ1) is 14.2. The molecular formula is C24H26O5. The van der Waals surface area contributed by atoms with Gasteiger partial charge in [-0.3, -0.25) is 0 Å². The largest absolute Gasteiger partial charge is 0.490 e. The van der Waals surface area contributed by atoms with Crippen molar-refractivity contribution in [1.82, 2.24) is 0 Å². The molecule has 5 heteroatoms. The lowest BCUT2D eigenvalue weighted by atomic mass is 10.1. The number of esters is 1. The van der Waals surface area contributed by atoms with E-state index in [1.54, 1.807) is 6.92 Å². The van der Waals surface area contributed by atoms with Gasteiger partial charge in [-0.2, -0.15) is 0 Å². The van der Waals surface area contributed by atoms with Crippen LogP contribution in [0.5, 0.6) is 5.75 Å². The maximum atomic E-state index is 12.0. The van der Waals surface area contributed by atoms with Crippen LogP contribution < -0.4 is 4.74 Å². The average molecular weight is 394 g/mol. The van der Waals surface area contributed by atoms with Crippen molar-refractivity contribution >= 4 is 23.0 Å². The van der Waals surface area contributed by atoms with Crippen molar-refractivity contribution in [1.29, 1.82) is 0 Å². The van der Waals surface area contributed by atoms with E-state index in [1.165, 1.54) is 0 Å². The summed E-state index contributed by atoms with van der Waals surface area (Å²) in [4.78, 5) is 12.0.